The zero-order valence-corrected chi connectivity index (χ0v) is 11.3. The number of hydrogen-bond donors (Lipinski definition) is 1. The molecule has 0 heterocycles. The molecule has 1 N–H and O–H groups in total. The molecule has 0 aromatic carbocycles. The van der Waals surface area contributed by atoms with E-state index in [2.05, 4.69) is 26.1 Å². The van der Waals surface area contributed by atoms with Crippen molar-refractivity contribution in [3.63, 3.8) is 0 Å². The lowest BCUT2D eigenvalue weighted by Crippen LogP contribution is -2.48. The van der Waals surface area contributed by atoms with Gasteiger partial charge in [0.05, 0.1) is 0 Å². The van der Waals surface area contributed by atoms with Gasteiger partial charge < -0.3 is 5.32 Å². The Morgan fingerprint density at radius 2 is 1.94 bits per heavy atom. The van der Waals surface area contributed by atoms with Crippen molar-refractivity contribution in [2.75, 3.05) is 0 Å². The largest absolute Gasteiger partial charge is 0.353 e. The second-order valence-electron chi connectivity index (χ2n) is 6.83. The molecule has 2 heteroatoms. The third kappa shape index (κ3) is 1.42. The van der Waals surface area contributed by atoms with Crippen LogP contribution in [-0.2, 0) is 4.79 Å². The number of hydrogen-bond acceptors (Lipinski definition) is 1. The van der Waals surface area contributed by atoms with Gasteiger partial charge in [-0.3, -0.25) is 4.79 Å². The highest BCUT2D eigenvalue weighted by atomic mass is 16.1. The second kappa shape index (κ2) is 3.48. The number of carbonyl (C=O) groups is 1. The van der Waals surface area contributed by atoms with Gasteiger partial charge >= 0.3 is 0 Å². The van der Waals surface area contributed by atoms with Gasteiger partial charge in [0.15, 0.2) is 0 Å². The van der Waals surface area contributed by atoms with E-state index in [0.29, 0.717) is 16.9 Å². The molecule has 2 aliphatic carbocycles. The van der Waals surface area contributed by atoms with Gasteiger partial charge in [-0.1, -0.05) is 34.6 Å². The van der Waals surface area contributed by atoms with E-state index in [-0.39, 0.29) is 11.8 Å². The Kier molecular flexibility index (Phi) is 2.60. The molecule has 0 aromatic heterocycles. The molecule has 3 unspecified atom stereocenters. The molecular formula is C14H25NO. The van der Waals surface area contributed by atoms with E-state index in [0.717, 1.165) is 5.92 Å². The second-order valence-corrected chi connectivity index (χ2v) is 6.83. The summed E-state index contributed by atoms with van der Waals surface area (Å²) in [4.78, 5) is 11.8. The first-order valence-corrected chi connectivity index (χ1v) is 6.59. The van der Waals surface area contributed by atoms with E-state index in [1.165, 1.54) is 19.3 Å². The van der Waals surface area contributed by atoms with Crippen molar-refractivity contribution in [2.45, 2.75) is 59.9 Å². The fraction of sp³-hybridized carbons (Fsp3) is 0.929. The van der Waals surface area contributed by atoms with Crippen LogP contribution in [0.25, 0.3) is 0 Å². The summed E-state index contributed by atoms with van der Waals surface area (Å²) in [5.74, 6) is 1.12. The van der Waals surface area contributed by atoms with Gasteiger partial charge in [0.2, 0.25) is 5.91 Å². The Labute approximate surface area is 99.2 Å². The van der Waals surface area contributed by atoms with Crippen LogP contribution in [-0.4, -0.2) is 11.9 Å². The maximum atomic E-state index is 11.8. The molecule has 0 aromatic rings. The fourth-order valence-electron chi connectivity index (χ4n) is 3.76. The third-order valence-electron chi connectivity index (χ3n) is 5.63. The Bertz CT molecular complexity index is 308. The molecular weight excluding hydrogens is 198 g/mol. The summed E-state index contributed by atoms with van der Waals surface area (Å²) in [6.07, 6.45) is 3.80. The minimum atomic E-state index is 0.103. The van der Waals surface area contributed by atoms with Crippen LogP contribution in [0.4, 0.5) is 0 Å². The van der Waals surface area contributed by atoms with E-state index >= 15 is 0 Å². The Morgan fingerprint density at radius 3 is 2.31 bits per heavy atom. The standard InChI is InChI=1S/C14H25NO/c1-9(2)12(16)15-11-8-10-6-7-14(11,5)13(10,3)4/h9-11H,6-8H2,1-5H3,(H,15,16). The highest BCUT2D eigenvalue weighted by molar-refractivity contribution is 5.78. The van der Waals surface area contributed by atoms with Crippen LogP contribution in [0.15, 0.2) is 0 Å². The molecule has 0 aliphatic heterocycles. The first-order valence-electron chi connectivity index (χ1n) is 6.59. The van der Waals surface area contributed by atoms with Gasteiger partial charge in [0.25, 0.3) is 0 Å². The molecule has 16 heavy (non-hydrogen) atoms. The first-order chi connectivity index (χ1) is 7.29. The van der Waals surface area contributed by atoms with Crippen LogP contribution in [0.1, 0.15) is 53.9 Å². The number of rotatable bonds is 2. The van der Waals surface area contributed by atoms with Crippen molar-refractivity contribution in [1.29, 1.82) is 0 Å². The van der Waals surface area contributed by atoms with E-state index in [1.54, 1.807) is 0 Å². The lowest BCUT2D eigenvalue weighted by molar-refractivity contribution is -0.125. The zero-order valence-electron chi connectivity index (χ0n) is 11.3. The van der Waals surface area contributed by atoms with Gasteiger partial charge in [0.1, 0.15) is 0 Å². The van der Waals surface area contributed by atoms with Gasteiger partial charge in [-0.15, -0.1) is 0 Å². The minimum Gasteiger partial charge on any atom is -0.353 e. The number of amides is 1. The van der Waals surface area contributed by atoms with Crippen molar-refractivity contribution in [3.8, 4) is 0 Å². The summed E-state index contributed by atoms with van der Waals surface area (Å²) in [7, 11) is 0. The summed E-state index contributed by atoms with van der Waals surface area (Å²) >= 11 is 0. The van der Waals surface area contributed by atoms with Crippen LogP contribution in [0, 0.1) is 22.7 Å². The zero-order chi connectivity index (χ0) is 12.1. The molecule has 0 spiro atoms. The molecule has 3 atom stereocenters. The van der Waals surface area contributed by atoms with E-state index in [4.69, 9.17) is 0 Å². The smallest absolute Gasteiger partial charge is 0.222 e. The quantitative estimate of drug-likeness (QED) is 0.766. The molecule has 1 amide bonds. The molecule has 92 valence electrons. The number of carbonyl (C=O) groups excluding carboxylic acids is 1. The van der Waals surface area contributed by atoms with Crippen LogP contribution in [0.5, 0.6) is 0 Å². The van der Waals surface area contributed by atoms with Gasteiger partial charge in [-0.25, -0.2) is 0 Å². The van der Waals surface area contributed by atoms with E-state index in [1.807, 2.05) is 13.8 Å². The molecule has 0 saturated heterocycles. The summed E-state index contributed by atoms with van der Waals surface area (Å²) < 4.78 is 0. The summed E-state index contributed by atoms with van der Waals surface area (Å²) in [6, 6.07) is 0.399. The van der Waals surface area contributed by atoms with Gasteiger partial charge in [-0.2, -0.15) is 0 Å². The predicted molar refractivity (Wildman–Crippen MR) is 66.0 cm³/mol. The summed E-state index contributed by atoms with van der Waals surface area (Å²) in [5.41, 5.74) is 0.699. The maximum absolute atomic E-state index is 11.8. The summed E-state index contributed by atoms with van der Waals surface area (Å²) in [5, 5.41) is 3.27. The predicted octanol–water partition coefficient (Wildman–Crippen LogP) is 2.97. The Balaban J connectivity index is 2.13. The SMILES string of the molecule is CC(C)C(=O)NC1CC2CCC1(C)C2(C)C. The van der Waals surface area contributed by atoms with Crippen molar-refractivity contribution in [3.05, 3.63) is 0 Å². The fourth-order valence-corrected chi connectivity index (χ4v) is 3.76. The third-order valence-corrected chi connectivity index (χ3v) is 5.63. The maximum Gasteiger partial charge on any atom is 0.222 e. The van der Waals surface area contributed by atoms with Crippen LogP contribution >= 0.6 is 0 Å². The average Bonchev–Trinajstić information content (AvgIpc) is 2.50. The monoisotopic (exact) mass is 223 g/mol. The normalized spacial score (nSPS) is 40.4. The van der Waals surface area contributed by atoms with Gasteiger partial charge in [0, 0.05) is 12.0 Å². The van der Waals surface area contributed by atoms with Gasteiger partial charge in [-0.05, 0) is 36.0 Å². The number of fused-ring (bicyclic) bond motifs is 2. The molecule has 2 nitrogen and oxygen atoms in total. The minimum absolute atomic E-state index is 0.103. The molecule has 2 bridgehead atoms. The lowest BCUT2D eigenvalue weighted by Gasteiger charge is -2.39. The van der Waals surface area contributed by atoms with Crippen LogP contribution < -0.4 is 5.32 Å². The number of nitrogens with one attached hydrogen (secondary N) is 1. The van der Waals surface area contributed by atoms with Crippen LogP contribution in [0.2, 0.25) is 0 Å². The Morgan fingerprint density at radius 1 is 1.31 bits per heavy atom. The van der Waals surface area contributed by atoms with Crippen molar-refractivity contribution >= 4 is 5.91 Å². The first kappa shape index (κ1) is 11.9. The molecule has 2 saturated carbocycles. The van der Waals surface area contributed by atoms with Crippen LogP contribution in [0.3, 0.4) is 0 Å². The lowest BCUT2D eigenvalue weighted by atomic mass is 9.69. The highest BCUT2D eigenvalue weighted by Gasteiger charge is 2.61. The van der Waals surface area contributed by atoms with Crippen molar-refractivity contribution in [1.82, 2.24) is 5.32 Å². The molecule has 2 aliphatic rings. The topological polar surface area (TPSA) is 29.1 Å². The summed E-state index contributed by atoms with van der Waals surface area (Å²) in [6.45, 7) is 11.1. The van der Waals surface area contributed by atoms with Crippen molar-refractivity contribution in [2.24, 2.45) is 22.7 Å². The molecule has 0 radical (unpaired) electrons. The highest BCUT2D eigenvalue weighted by Crippen LogP contribution is 2.65. The molecule has 2 fully saturated rings. The Hall–Kier alpha value is -0.530. The average molecular weight is 223 g/mol. The van der Waals surface area contributed by atoms with E-state index < -0.39 is 0 Å². The van der Waals surface area contributed by atoms with E-state index in [9.17, 15) is 4.79 Å². The molecule has 2 rings (SSSR count). The van der Waals surface area contributed by atoms with Crippen molar-refractivity contribution < 1.29 is 4.79 Å².